The molecule has 0 saturated heterocycles. The number of hydrogen-bond acceptors (Lipinski definition) is 4. The molecular formula is C30H36FN3O4S. The highest BCUT2D eigenvalue weighted by Crippen LogP contribution is 2.19. The third-order valence-corrected chi connectivity index (χ3v) is 8.30. The highest BCUT2D eigenvalue weighted by atomic mass is 32.2. The largest absolute Gasteiger partial charge is 0.354 e. The summed E-state index contributed by atoms with van der Waals surface area (Å²) in [5.41, 5.74) is 1.17. The lowest BCUT2D eigenvalue weighted by Gasteiger charge is -2.32. The number of halogens is 1. The van der Waals surface area contributed by atoms with Crippen molar-refractivity contribution in [2.75, 3.05) is 20.1 Å². The summed E-state index contributed by atoms with van der Waals surface area (Å²) >= 11 is 0. The molecule has 0 heterocycles. The van der Waals surface area contributed by atoms with E-state index in [0.29, 0.717) is 12.1 Å². The van der Waals surface area contributed by atoms with Crippen LogP contribution in [0.1, 0.15) is 37.3 Å². The molecule has 2 amide bonds. The predicted octanol–water partition coefficient (Wildman–Crippen LogP) is 4.39. The van der Waals surface area contributed by atoms with Crippen molar-refractivity contribution in [2.45, 2.75) is 50.1 Å². The first-order valence-corrected chi connectivity index (χ1v) is 14.5. The van der Waals surface area contributed by atoms with Crippen LogP contribution in [0.4, 0.5) is 4.39 Å². The number of carbonyl (C=O) groups is 2. The van der Waals surface area contributed by atoms with Gasteiger partial charge in [0, 0.05) is 45.1 Å². The topological polar surface area (TPSA) is 86.8 Å². The second-order valence-corrected chi connectivity index (χ2v) is 11.4. The number of rotatable bonds is 14. The van der Waals surface area contributed by atoms with Crippen molar-refractivity contribution in [1.29, 1.82) is 0 Å². The van der Waals surface area contributed by atoms with Crippen molar-refractivity contribution in [3.63, 3.8) is 0 Å². The van der Waals surface area contributed by atoms with Crippen LogP contribution in [0.25, 0.3) is 0 Å². The van der Waals surface area contributed by atoms with Gasteiger partial charge in [0.1, 0.15) is 11.9 Å². The summed E-state index contributed by atoms with van der Waals surface area (Å²) < 4.78 is 41.6. The Morgan fingerprint density at radius 1 is 0.923 bits per heavy atom. The molecular weight excluding hydrogens is 517 g/mol. The standard InChI is InChI=1S/C30H36FN3O4S/c1-3-20-32-30(36)28(22-24-13-6-4-7-14-24)34(23-25-15-10-11-18-27(25)31)29(35)19-12-21-33(2)39(37,38)26-16-8-5-9-17-26/h4-11,13-18,28H,3,12,19-23H2,1-2H3,(H,32,36)/t28-/m1/s1. The second kappa shape index (κ2) is 14.6. The van der Waals surface area contributed by atoms with Gasteiger partial charge in [0.05, 0.1) is 4.90 Å². The highest BCUT2D eigenvalue weighted by Gasteiger charge is 2.31. The van der Waals surface area contributed by atoms with Gasteiger partial charge in [-0.3, -0.25) is 9.59 Å². The lowest BCUT2D eigenvalue weighted by Crippen LogP contribution is -2.50. The Hall–Kier alpha value is -3.56. The number of benzene rings is 3. The number of sulfonamides is 1. The molecule has 1 atom stereocenters. The number of hydrogen-bond donors (Lipinski definition) is 1. The number of amides is 2. The zero-order valence-electron chi connectivity index (χ0n) is 22.4. The van der Waals surface area contributed by atoms with Gasteiger partial charge in [0.15, 0.2) is 0 Å². The number of carbonyl (C=O) groups excluding carboxylic acids is 2. The Morgan fingerprint density at radius 2 is 1.54 bits per heavy atom. The molecule has 3 aromatic rings. The fourth-order valence-electron chi connectivity index (χ4n) is 4.22. The van der Waals surface area contributed by atoms with Crippen molar-refractivity contribution in [1.82, 2.24) is 14.5 Å². The summed E-state index contributed by atoms with van der Waals surface area (Å²) in [6.45, 7) is 2.42. The molecule has 3 aromatic carbocycles. The molecule has 0 aliphatic carbocycles. The van der Waals surface area contributed by atoms with Gasteiger partial charge in [-0.15, -0.1) is 0 Å². The van der Waals surface area contributed by atoms with Gasteiger partial charge in [0.25, 0.3) is 0 Å². The monoisotopic (exact) mass is 553 g/mol. The fraction of sp³-hybridized carbons (Fsp3) is 0.333. The molecule has 0 aromatic heterocycles. The van der Waals surface area contributed by atoms with Gasteiger partial charge >= 0.3 is 0 Å². The van der Waals surface area contributed by atoms with E-state index in [1.165, 1.54) is 34.5 Å². The molecule has 0 aliphatic rings. The molecule has 0 spiro atoms. The minimum absolute atomic E-state index is 0.00451. The molecule has 0 fully saturated rings. The maximum atomic E-state index is 14.6. The highest BCUT2D eigenvalue weighted by molar-refractivity contribution is 7.89. The van der Waals surface area contributed by atoms with E-state index >= 15 is 0 Å². The van der Waals surface area contributed by atoms with Crippen LogP contribution >= 0.6 is 0 Å². The molecule has 0 aliphatic heterocycles. The molecule has 0 unspecified atom stereocenters. The predicted molar refractivity (Wildman–Crippen MR) is 150 cm³/mol. The van der Waals surface area contributed by atoms with Crippen molar-refractivity contribution in [2.24, 2.45) is 0 Å². The van der Waals surface area contributed by atoms with Gasteiger partial charge < -0.3 is 10.2 Å². The first-order chi connectivity index (χ1) is 18.7. The van der Waals surface area contributed by atoms with E-state index in [4.69, 9.17) is 0 Å². The molecule has 0 bridgehead atoms. The molecule has 3 rings (SSSR count). The van der Waals surface area contributed by atoms with Crippen molar-refractivity contribution in [3.8, 4) is 0 Å². The van der Waals surface area contributed by atoms with Crippen LogP contribution in [0, 0.1) is 5.82 Å². The zero-order valence-corrected chi connectivity index (χ0v) is 23.2. The van der Waals surface area contributed by atoms with Gasteiger partial charge in [-0.2, -0.15) is 0 Å². The van der Waals surface area contributed by atoms with Crippen LogP contribution in [0.2, 0.25) is 0 Å². The van der Waals surface area contributed by atoms with Gasteiger partial charge in [-0.1, -0.05) is 73.7 Å². The van der Waals surface area contributed by atoms with E-state index in [1.54, 1.807) is 36.4 Å². The van der Waals surface area contributed by atoms with Crippen LogP contribution < -0.4 is 5.32 Å². The normalized spacial score (nSPS) is 12.2. The summed E-state index contributed by atoms with van der Waals surface area (Å²) in [4.78, 5) is 28.5. The Kier molecular flexibility index (Phi) is 11.2. The SMILES string of the molecule is CCCNC(=O)[C@@H](Cc1ccccc1)N(Cc1ccccc1F)C(=O)CCCN(C)S(=O)(=O)c1ccccc1. The molecule has 0 radical (unpaired) electrons. The minimum Gasteiger partial charge on any atom is -0.354 e. The van der Waals surface area contributed by atoms with E-state index in [2.05, 4.69) is 5.32 Å². The number of nitrogens with one attached hydrogen (secondary N) is 1. The second-order valence-electron chi connectivity index (χ2n) is 9.35. The molecule has 1 N–H and O–H groups in total. The summed E-state index contributed by atoms with van der Waals surface area (Å²) in [5.74, 6) is -1.12. The molecule has 9 heteroatoms. The lowest BCUT2D eigenvalue weighted by molar-refractivity contribution is -0.141. The Labute approximate surface area is 230 Å². The summed E-state index contributed by atoms with van der Waals surface area (Å²) in [7, 11) is -2.22. The van der Waals surface area contributed by atoms with Crippen LogP contribution in [0.5, 0.6) is 0 Å². The van der Waals surface area contributed by atoms with Gasteiger partial charge in [-0.05, 0) is 36.6 Å². The van der Waals surface area contributed by atoms with Crippen LogP contribution in [-0.2, 0) is 32.6 Å². The Balaban J connectivity index is 1.82. The molecule has 0 saturated carbocycles. The van der Waals surface area contributed by atoms with Gasteiger partial charge in [0.2, 0.25) is 21.8 Å². The van der Waals surface area contributed by atoms with E-state index in [9.17, 15) is 22.4 Å². The van der Waals surface area contributed by atoms with E-state index in [0.717, 1.165) is 12.0 Å². The third kappa shape index (κ3) is 8.46. The average molecular weight is 554 g/mol. The Morgan fingerprint density at radius 3 is 2.18 bits per heavy atom. The third-order valence-electron chi connectivity index (χ3n) is 6.43. The molecule has 7 nitrogen and oxygen atoms in total. The van der Waals surface area contributed by atoms with Crippen molar-refractivity contribution >= 4 is 21.8 Å². The van der Waals surface area contributed by atoms with Crippen LogP contribution in [0.3, 0.4) is 0 Å². The zero-order chi connectivity index (χ0) is 28.3. The maximum Gasteiger partial charge on any atom is 0.243 e. The summed E-state index contributed by atoms with van der Waals surface area (Å²) in [6, 6.07) is 22.8. The first-order valence-electron chi connectivity index (χ1n) is 13.1. The molecule has 39 heavy (non-hydrogen) atoms. The van der Waals surface area contributed by atoms with Crippen LogP contribution in [-0.4, -0.2) is 55.6 Å². The first kappa shape index (κ1) is 30.0. The Bertz CT molecular complexity index is 1320. The lowest BCUT2D eigenvalue weighted by atomic mass is 10.0. The summed E-state index contributed by atoms with van der Waals surface area (Å²) in [5, 5.41) is 2.89. The van der Waals surface area contributed by atoms with Crippen molar-refractivity contribution < 1.29 is 22.4 Å². The van der Waals surface area contributed by atoms with Crippen LogP contribution in [0.15, 0.2) is 89.8 Å². The molecule has 208 valence electrons. The van der Waals surface area contributed by atoms with E-state index in [-0.39, 0.29) is 49.1 Å². The minimum atomic E-state index is -3.70. The fourth-order valence-corrected chi connectivity index (χ4v) is 5.45. The maximum absolute atomic E-state index is 14.6. The summed E-state index contributed by atoms with van der Waals surface area (Å²) in [6.07, 6.45) is 1.23. The number of nitrogens with zero attached hydrogens (tertiary/aromatic N) is 2. The smallest absolute Gasteiger partial charge is 0.243 e. The average Bonchev–Trinajstić information content (AvgIpc) is 2.95. The van der Waals surface area contributed by atoms with E-state index < -0.39 is 21.9 Å². The van der Waals surface area contributed by atoms with Gasteiger partial charge in [-0.25, -0.2) is 17.1 Å². The van der Waals surface area contributed by atoms with Crippen molar-refractivity contribution in [3.05, 3.63) is 102 Å². The quantitative estimate of drug-likeness (QED) is 0.321. The van der Waals surface area contributed by atoms with E-state index in [1.807, 2.05) is 37.3 Å².